The molecule has 1 unspecified atom stereocenters. The fraction of sp³-hybridized carbons (Fsp3) is 0.727. The van der Waals surface area contributed by atoms with Crippen molar-refractivity contribution in [2.75, 3.05) is 18.9 Å². The second-order valence-electron chi connectivity index (χ2n) is 4.21. The largest absolute Gasteiger partial charge is 0.431 e. The zero-order valence-electron chi connectivity index (χ0n) is 9.05. The molecular formula is C11H15NO3S. The third kappa shape index (κ3) is 1.82. The maximum absolute atomic E-state index is 11.9. The number of hydrogen-bond acceptors (Lipinski definition) is 5. The summed E-state index contributed by atoms with van der Waals surface area (Å²) >= 11 is 1.89. The van der Waals surface area contributed by atoms with E-state index in [0.717, 1.165) is 30.8 Å². The van der Waals surface area contributed by atoms with Crippen LogP contribution in [0.1, 0.15) is 19.3 Å². The zero-order valence-corrected chi connectivity index (χ0v) is 9.87. The molecule has 0 radical (unpaired) electrons. The van der Waals surface area contributed by atoms with Gasteiger partial charge in [-0.2, -0.15) is 0 Å². The minimum Gasteiger partial charge on any atom is -0.431 e. The lowest BCUT2D eigenvalue weighted by molar-refractivity contribution is -0.167. The van der Waals surface area contributed by atoms with Gasteiger partial charge >= 0.3 is 5.97 Å². The van der Waals surface area contributed by atoms with Crippen LogP contribution in [-0.2, 0) is 14.3 Å². The second-order valence-corrected chi connectivity index (χ2v) is 5.42. The lowest BCUT2D eigenvalue weighted by atomic mass is 10.2. The lowest BCUT2D eigenvalue weighted by Gasteiger charge is -2.45. The molecular weight excluding hydrogens is 226 g/mol. The Morgan fingerprint density at radius 2 is 2.50 bits per heavy atom. The molecule has 0 spiro atoms. The fourth-order valence-corrected chi connectivity index (χ4v) is 3.34. The van der Waals surface area contributed by atoms with E-state index >= 15 is 0 Å². The monoisotopic (exact) mass is 241 g/mol. The predicted molar refractivity (Wildman–Crippen MR) is 60.7 cm³/mol. The summed E-state index contributed by atoms with van der Waals surface area (Å²) in [5.74, 6) is 0.703. The number of carbonyl (C=O) groups is 1. The van der Waals surface area contributed by atoms with Crippen molar-refractivity contribution in [2.24, 2.45) is 0 Å². The molecule has 3 heterocycles. The van der Waals surface area contributed by atoms with Crippen LogP contribution in [0.3, 0.4) is 0 Å². The highest BCUT2D eigenvalue weighted by Crippen LogP contribution is 2.36. The summed E-state index contributed by atoms with van der Waals surface area (Å²) in [4.78, 5) is 14.1. The summed E-state index contributed by atoms with van der Waals surface area (Å²) in [6, 6.07) is 0. The van der Waals surface area contributed by atoms with Crippen molar-refractivity contribution in [3.05, 3.63) is 11.8 Å². The van der Waals surface area contributed by atoms with E-state index in [0.29, 0.717) is 12.0 Å². The fourth-order valence-electron chi connectivity index (χ4n) is 2.19. The van der Waals surface area contributed by atoms with Crippen molar-refractivity contribution in [3.63, 3.8) is 0 Å². The van der Waals surface area contributed by atoms with Crippen LogP contribution in [0.5, 0.6) is 0 Å². The summed E-state index contributed by atoms with van der Waals surface area (Å²) in [6.07, 6.45) is 4.64. The minimum absolute atomic E-state index is 0.211. The molecule has 0 saturated carbocycles. The van der Waals surface area contributed by atoms with Crippen LogP contribution in [0.25, 0.3) is 0 Å². The number of hydrogen-bond donors (Lipinski definition) is 0. The quantitative estimate of drug-likeness (QED) is 0.682. The van der Waals surface area contributed by atoms with Gasteiger partial charge in [0.25, 0.3) is 0 Å². The van der Waals surface area contributed by atoms with Crippen molar-refractivity contribution in [1.29, 1.82) is 0 Å². The number of ether oxygens (including phenoxy) is 2. The Labute approximate surface area is 99.0 Å². The van der Waals surface area contributed by atoms with Crippen LogP contribution < -0.4 is 0 Å². The Hall–Kier alpha value is -0.680. The maximum Gasteiger partial charge on any atom is 0.356 e. The van der Waals surface area contributed by atoms with E-state index < -0.39 is 0 Å². The van der Waals surface area contributed by atoms with Gasteiger partial charge in [0.15, 0.2) is 0 Å². The molecule has 0 aromatic rings. The Morgan fingerprint density at radius 3 is 3.19 bits per heavy atom. The van der Waals surface area contributed by atoms with Gasteiger partial charge in [-0.15, -0.1) is 11.8 Å². The Morgan fingerprint density at radius 1 is 1.56 bits per heavy atom. The van der Waals surface area contributed by atoms with Gasteiger partial charge in [-0.25, -0.2) is 4.79 Å². The Balaban J connectivity index is 1.62. The highest BCUT2D eigenvalue weighted by molar-refractivity contribution is 8.00. The van der Waals surface area contributed by atoms with E-state index in [-0.39, 0.29) is 12.3 Å². The van der Waals surface area contributed by atoms with E-state index in [1.54, 1.807) is 0 Å². The normalized spacial score (nSPS) is 32.8. The molecule has 3 aliphatic rings. The molecule has 2 fully saturated rings. The lowest BCUT2D eigenvalue weighted by Crippen LogP contribution is -2.49. The van der Waals surface area contributed by atoms with Gasteiger partial charge < -0.3 is 14.4 Å². The van der Waals surface area contributed by atoms with E-state index in [2.05, 4.69) is 4.90 Å². The van der Waals surface area contributed by atoms with Gasteiger partial charge in [0.2, 0.25) is 6.29 Å². The average Bonchev–Trinajstić information content (AvgIpc) is 2.72. The smallest absolute Gasteiger partial charge is 0.356 e. The summed E-state index contributed by atoms with van der Waals surface area (Å²) in [6.45, 7) is 1.68. The molecule has 3 aliphatic heterocycles. The van der Waals surface area contributed by atoms with Crippen molar-refractivity contribution < 1.29 is 14.3 Å². The topological polar surface area (TPSA) is 38.8 Å². The Bertz CT molecular complexity index is 325. The number of fused-ring (bicyclic) bond motifs is 1. The molecule has 0 N–H and O–H groups in total. The highest BCUT2D eigenvalue weighted by Gasteiger charge is 2.36. The molecule has 0 amide bonds. The second kappa shape index (κ2) is 4.30. The van der Waals surface area contributed by atoms with Crippen molar-refractivity contribution >= 4 is 17.7 Å². The number of nitrogens with zero attached hydrogens (tertiary/aromatic N) is 1. The third-order valence-corrected chi connectivity index (χ3v) is 4.41. The van der Waals surface area contributed by atoms with Gasteiger partial charge in [0.05, 0.1) is 12.0 Å². The van der Waals surface area contributed by atoms with Crippen LogP contribution >= 0.6 is 11.8 Å². The SMILES string of the molecule is O=C(O[C@H]1CCCO1)C1=CCSC2CCN12. The Kier molecular flexibility index (Phi) is 2.81. The van der Waals surface area contributed by atoms with Crippen LogP contribution in [0, 0.1) is 0 Å². The van der Waals surface area contributed by atoms with Crippen molar-refractivity contribution in [2.45, 2.75) is 30.9 Å². The number of thioether (sulfide) groups is 1. The molecule has 2 atom stereocenters. The molecule has 0 aromatic heterocycles. The first-order chi connectivity index (χ1) is 7.84. The molecule has 3 rings (SSSR count). The molecule has 0 aromatic carbocycles. The van der Waals surface area contributed by atoms with Crippen molar-refractivity contribution in [3.8, 4) is 0 Å². The summed E-state index contributed by atoms with van der Waals surface area (Å²) < 4.78 is 10.6. The average molecular weight is 241 g/mol. The van der Waals surface area contributed by atoms with Gasteiger partial charge in [0, 0.05) is 18.7 Å². The van der Waals surface area contributed by atoms with Gasteiger partial charge in [-0.05, 0) is 18.9 Å². The van der Waals surface area contributed by atoms with Crippen LogP contribution in [0.2, 0.25) is 0 Å². The van der Waals surface area contributed by atoms with Gasteiger partial charge in [0.1, 0.15) is 5.70 Å². The van der Waals surface area contributed by atoms with Crippen LogP contribution in [0.15, 0.2) is 11.8 Å². The molecule has 2 saturated heterocycles. The summed E-state index contributed by atoms with van der Waals surface area (Å²) in [7, 11) is 0. The van der Waals surface area contributed by atoms with Gasteiger partial charge in [-0.1, -0.05) is 0 Å². The first-order valence-electron chi connectivity index (χ1n) is 5.75. The molecule has 16 heavy (non-hydrogen) atoms. The zero-order chi connectivity index (χ0) is 11.0. The third-order valence-electron chi connectivity index (χ3n) is 3.17. The highest BCUT2D eigenvalue weighted by atomic mass is 32.2. The minimum atomic E-state index is -0.317. The van der Waals surface area contributed by atoms with Crippen LogP contribution in [0.4, 0.5) is 0 Å². The summed E-state index contributed by atoms with van der Waals surface area (Å²) in [5, 5.41) is 0.497. The van der Waals surface area contributed by atoms with E-state index in [4.69, 9.17) is 9.47 Å². The molecule has 0 bridgehead atoms. The number of rotatable bonds is 2. The molecule has 88 valence electrons. The van der Waals surface area contributed by atoms with Gasteiger partial charge in [-0.3, -0.25) is 0 Å². The van der Waals surface area contributed by atoms with E-state index in [1.165, 1.54) is 6.42 Å². The standard InChI is InChI=1S/C11H15NO3S/c13-11(15-10-2-1-6-14-10)8-4-7-16-9-3-5-12(8)9/h4,9-10H,1-3,5-7H2/t9?,10-/m0/s1. The summed E-state index contributed by atoms with van der Waals surface area (Å²) in [5.41, 5.74) is 0.741. The first-order valence-corrected chi connectivity index (χ1v) is 6.80. The van der Waals surface area contributed by atoms with Crippen molar-refractivity contribution in [1.82, 2.24) is 4.90 Å². The molecule has 0 aliphatic carbocycles. The molecule has 5 heteroatoms. The predicted octanol–water partition coefficient (Wildman–Crippen LogP) is 1.33. The first kappa shape index (κ1) is 10.5. The number of esters is 1. The number of carbonyl (C=O) groups excluding carboxylic acids is 1. The maximum atomic E-state index is 11.9. The van der Waals surface area contributed by atoms with Crippen LogP contribution in [-0.4, -0.2) is 41.4 Å². The van der Waals surface area contributed by atoms with E-state index in [9.17, 15) is 4.79 Å². The van der Waals surface area contributed by atoms with E-state index in [1.807, 2.05) is 17.8 Å². The molecule has 4 nitrogen and oxygen atoms in total.